The summed E-state index contributed by atoms with van der Waals surface area (Å²) in [5.74, 6) is -0.233. The van der Waals surface area contributed by atoms with E-state index in [9.17, 15) is 14.9 Å². The fraction of sp³-hybridized carbons (Fsp3) is 0.591. The van der Waals surface area contributed by atoms with Gasteiger partial charge in [0.2, 0.25) is 0 Å². The Morgan fingerprint density at radius 3 is 2.43 bits per heavy atom. The first-order valence-corrected chi connectivity index (χ1v) is 9.84. The number of amides is 1. The van der Waals surface area contributed by atoms with Gasteiger partial charge >= 0.3 is 12.1 Å². The van der Waals surface area contributed by atoms with Gasteiger partial charge in [0, 0.05) is 19.5 Å². The van der Waals surface area contributed by atoms with E-state index >= 15 is 0 Å². The Hall–Kier alpha value is -2.55. The molecule has 1 amide bonds. The highest BCUT2D eigenvalue weighted by Crippen LogP contribution is 2.37. The smallest absolute Gasteiger partial charge is 0.410 e. The van der Waals surface area contributed by atoms with Crippen molar-refractivity contribution in [1.82, 2.24) is 4.90 Å². The molecule has 1 aromatic rings. The lowest BCUT2D eigenvalue weighted by molar-refractivity contribution is -0.143. The van der Waals surface area contributed by atoms with Crippen molar-refractivity contribution in [3.8, 4) is 6.07 Å². The Morgan fingerprint density at radius 2 is 1.86 bits per heavy atom. The van der Waals surface area contributed by atoms with E-state index in [-0.39, 0.29) is 18.5 Å². The minimum atomic E-state index is -0.663. The van der Waals surface area contributed by atoms with Crippen LogP contribution >= 0.6 is 0 Å². The largest absolute Gasteiger partial charge is 0.466 e. The maximum Gasteiger partial charge on any atom is 0.410 e. The lowest BCUT2D eigenvalue weighted by atomic mass is 9.72. The third-order valence-corrected chi connectivity index (χ3v) is 4.92. The van der Waals surface area contributed by atoms with Crippen LogP contribution in [-0.2, 0) is 26.1 Å². The highest BCUT2D eigenvalue weighted by molar-refractivity contribution is 5.70. The molecule has 0 N–H and O–H groups in total. The second-order valence-electron chi connectivity index (χ2n) is 8.12. The molecule has 6 heteroatoms. The molecule has 152 valence electrons. The molecular weight excluding hydrogens is 356 g/mol. The van der Waals surface area contributed by atoms with Crippen LogP contribution in [0.3, 0.4) is 0 Å². The molecule has 1 heterocycles. The van der Waals surface area contributed by atoms with E-state index < -0.39 is 11.0 Å². The molecule has 1 fully saturated rings. The van der Waals surface area contributed by atoms with E-state index in [0.29, 0.717) is 39.0 Å². The van der Waals surface area contributed by atoms with E-state index in [1.807, 2.05) is 45.0 Å². The molecule has 0 atom stereocenters. The van der Waals surface area contributed by atoms with Crippen molar-refractivity contribution in [3.05, 3.63) is 35.4 Å². The van der Waals surface area contributed by atoms with Crippen LogP contribution in [0.5, 0.6) is 0 Å². The van der Waals surface area contributed by atoms with Crippen LogP contribution in [0.1, 0.15) is 58.1 Å². The number of hydrogen-bond donors (Lipinski definition) is 0. The van der Waals surface area contributed by atoms with Gasteiger partial charge in [0.05, 0.1) is 18.1 Å². The number of hydrogen-bond acceptors (Lipinski definition) is 5. The summed E-state index contributed by atoms with van der Waals surface area (Å²) in [6, 6.07) is 10.3. The van der Waals surface area contributed by atoms with Crippen LogP contribution in [0.2, 0.25) is 0 Å². The number of ether oxygens (including phenoxy) is 2. The van der Waals surface area contributed by atoms with E-state index in [4.69, 9.17) is 9.47 Å². The molecule has 0 radical (unpaired) electrons. The monoisotopic (exact) mass is 386 g/mol. The zero-order valence-corrected chi connectivity index (χ0v) is 17.3. The maximum absolute atomic E-state index is 12.3. The Morgan fingerprint density at radius 1 is 1.21 bits per heavy atom. The van der Waals surface area contributed by atoms with Crippen LogP contribution in [0.4, 0.5) is 4.79 Å². The van der Waals surface area contributed by atoms with E-state index in [1.54, 1.807) is 11.8 Å². The predicted octanol–water partition coefficient (Wildman–Crippen LogP) is 3.97. The normalized spacial score (nSPS) is 16.2. The van der Waals surface area contributed by atoms with Gasteiger partial charge < -0.3 is 14.4 Å². The number of carbonyl (C=O) groups excluding carboxylic acids is 2. The van der Waals surface area contributed by atoms with Crippen molar-refractivity contribution in [2.45, 2.75) is 64.4 Å². The molecule has 1 aromatic carbocycles. The highest BCUT2D eigenvalue weighted by atomic mass is 16.6. The van der Waals surface area contributed by atoms with Crippen molar-refractivity contribution < 1.29 is 19.1 Å². The van der Waals surface area contributed by atoms with Gasteiger partial charge in [-0.2, -0.15) is 5.26 Å². The van der Waals surface area contributed by atoms with Gasteiger partial charge in [-0.3, -0.25) is 4.79 Å². The second-order valence-corrected chi connectivity index (χ2v) is 8.12. The molecule has 0 aliphatic carbocycles. The van der Waals surface area contributed by atoms with Gasteiger partial charge in [-0.05, 0) is 58.1 Å². The minimum Gasteiger partial charge on any atom is -0.466 e. The minimum absolute atomic E-state index is 0.233. The molecule has 1 saturated heterocycles. The molecule has 2 rings (SSSR count). The molecular formula is C22H30N2O4. The number of nitriles is 1. The third-order valence-electron chi connectivity index (χ3n) is 4.92. The maximum atomic E-state index is 12.3. The molecule has 1 aliphatic rings. The fourth-order valence-electron chi connectivity index (χ4n) is 3.51. The number of carbonyl (C=O) groups is 2. The second kappa shape index (κ2) is 9.09. The summed E-state index contributed by atoms with van der Waals surface area (Å²) in [6.45, 7) is 8.61. The van der Waals surface area contributed by atoms with Crippen molar-refractivity contribution in [3.63, 3.8) is 0 Å². The zero-order chi connectivity index (χ0) is 20.8. The first kappa shape index (κ1) is 21.7. The van der Waals surface area contributed by atoms with Crippen LogP contribution in [0, 0.1) is 11.3 Å². The molecule has 0 bridgehead atoms. The van der Waals surface area contributed by atoms with Crippen molar-refractivity contribution in [1.29, 1.82) is 5.26 Å². The Labute approximate surface area is 167 Å². The average Bonchev–Trinajstić information content (AvgIpc) is 2.65. The topological polar surface area (TPSA) is 79.6 Å². The zero-order valence-electron chi connectivity index (χ0n) is 17.3. The van der Waals surface area contributed by atoms with Crippen LogP contribution in [0.15, 0.2) is 24.3 Å². The van der Waals surface area contributed by atoms with Gasteiger partial charge in [-0.15, -0.1) is 0 Å². The first-order valence-electron chi connectivity index (χ1n) is 9.84. The summed E-state index contributed by atoms with van der Waals surface area (Å²) in [5.41, 5.74) is 0.734. The van der Waals surface area contributed by atoms with Crippen molar-refractivity contribution in [2.75, 3.05) is 19.7 Å². The third kappa shape index (κ3) is 5.48. The molecule has 28 heavy (non-hydrogen) atoms. The summed E-state index contributed by atoms with van der Waals surface area (Å²) < 4.78 is 10.5. The van der Waals surface area contributed by atoms with Crippen LogP contribution < -0.4 is 0 Å². The Balaban J connectivity index is 2.13. The first-order chi connectivity index (χ1) is 13.2. The van der Waals surface area contributed by atoms with Gasteiger partial charge in [-0.25, -0.2) is 4.79 Å². The number of piperidine rings is 1. The lowest BCUT2D eigenvalue weighted by Gasteiger charge is -2.39. The molecule has 0 aromatic heterocycles. The van der Waals surface area contributed by atoms with E-state index in [1.165, 1.54) is 0 Å². The van der Waals surface area contributed by atoms with Gasteiger partial charge in [-0.1, -0.05) is 24.3 Å². The number of rotatable bonds is 5. The fourth-order valence-corrected chi connectivity index (χ4v) is 3.51. The number of benzene rings is 1. The van der Waals surface area contributed by atoms with E-state index in [0.717, 1.165) is 11.1 Å². The highest BCUT2D eigenvalue weighted by Gasteiger charge is 2.39. The van der Waals surface area contributed by atoms with Gasteiger partial charge in [0.25, 0.3) is 0 Å². The molecule has 1 aliphatic heterocycles. The summed E-state index contributed by atoms with van der Waals surface area (Å²) in [4.78, 5) is 25.7. The number of likely N-dealkylation sites (tertiary alicyclic amines) is 1. The number of aryl methyl sites for hydroxylation is 1. The lowest BCUT2D eigenvalue weighted by Crippen LogP contribution is -2.46. The molecule has 6 nitrogen and oxygen atoms in total. The number of esters is 1. The number of nitrogens with zero attached hydrogens (tertiary/aromatic N) is 2. The molecule has 0 spiro atoms. The average molecular weight is 386 g/mol. The molecule has 0 unspecified atom stereocenters. The quantitative estimate of drug-likeness (QED) is 0.715. The summed E-state index contributed by atoms with van der Waals surface area (Å²) in [7, 11) is 0. The van der Waals surface area contributed by atoms with Gasteiger partial charge in [0.1, 0.15) is 5.60 Å². The summed E-state index contributed by atoms with van der Waals surface area (Å²) in [5, 5.41) is 10.0. The van der Waals surface area contributed by atoms with Crippen LogP contribution in [-0.4, -0.2) is 42.3 Å². The van der Waals surface area contributed by atoms with Gasteiger partial charge in [0.15, 0.2) is 0 Å². The summed E-state index contributed by atoms with van der Waals surface area (Å²) >= 11 is 0. The van der Waals surface area contributed by atoms with Crippen LogP contribution in [0.25, 0.3) is 0 Å². The van der Waals surface area contributed by atoms with E-state index in [2.05, 4.69) is 6.07 Å². The van der Waals surface area contributed by atoms with Crippen molar-refractivity contribution in [2.24, 2.45) is 0 Å². The summed E-state index contributed by atoms with van der Waals surface area (Å²) in [6.07, 6.45) is 1.57. The van der Waals surface area contributed by atoms with Crippen molar-refractivity contribution >= 4 is 12.1 Å². The standard InChI is InChI=1S/C22H30N2O4/c1-5-27-19(25)11-10-17-8-6-7-9-18(17)22(16-23)12-14-24(15-13-22)20(26)28-21(2,3)4/h6-9H,5,10-15H2,1-4H3. The predicted molar refractivity (Wildman–Crippen MR) is 106 cm³/mol. The molecule has 0 saturated carbocycles. The Kier molecular flexibility index (Phi) is 7.06. The SMILES string of the molecule is CCOC(=O)CCc1ccccc1C1(C#N)CCN(C(=O)OC(C)(C)C)CC1. The Bertz CT molecular complexity index is 738.